The van der Waals surface area contributed by atoms with Crippen LogP contribution in [0.25, 0.3) is 0 Å². The molecule has 0 radical (unpaired) electrons. The number of carbonyl (C=O) groups excluding carboxylic acids is 1. The number of likely N-dealkylation sites (tertiary alicyclic amines) is 1. The van der Waals surface area contributed by atoms with E-state index in [1.54, 1.807) is 0 Å². The minimum atomic E-state index is -0.0662. The van der Waals surface area contributed by atoms with E-state index < -0.39 is 0 Å². The van der Waals surface area contributed by atoms with Gasteiger partial charge in [0.2, 0.25) is 11.8 Å². The normalized spacial score (nSPS) is 22.7. The minimum absolute atomic E-state index is 0.0662. The van der Waals surface area contributed by atoms with Crippen LogP contribution in [0.4, 0.5) is 0 Å². The van der Waals surface area contributed by atoms with Crippen molar-refractivity contribution < 1.29 is 14.1 Å². The highest BCUT2D eigenvalue weighted by Gasteiger charge is 2.31. The average Bonchev–Trinajstić information content (AvgIpc) is 3.01. The largest absolute Gasteiger partial charge is 0.378 e. The molecule has 2 aliphatic rings. The Bertz CT molecular complexity index is 505. The lowest BCUT2D eigenvalue weighted by Gasteiger charge is -2.37. The van der Waals surface area contributed by atoms with Crippen LogP contribution in [-0.4, -0.2) is 71.3 Å². The van der Waals surface area contributed by atoms with E-state index in [0.717, 1.165) is 31.8 Å². The van der Waals surface area contributed by atoms with Gasteiger partial charge in [-0.2, -0.15) is 4.98 Å². The molecule has 1 amide bonds. The van der Waals surface area contributed by atoms with Crippen molar-refractivity contribution in [2.75, 3.05) is 39.4 Å². The van der Waals surface area contributed by atoms with E-state index >= 15 is 0 Å². The molecule has 0 saturated carbocycles. The number of piperidine rings is 1. The minimum Gasteiger partial charge on any atom is -0.378 e. The Hall–Kier alpha value is -1.47. The van der Waals surface area contributed by atoms with E-state index in [9.17, 15) is 4.79 Å². The molecule has 0 bridgehead atoms. The third kappa shape index (κ3) is 3.30. The molecule has 0 unspecified atom stereocenters. The van der Waals surface area contributed by atoms with Crippen molar-refractivity contribution >= 4 is 5.91 Å². The number of nitrogens with zero attached hydrogens (tertiary/aromatic N) is 4. The lowest BCUT2D eigenvalue weighted by atomic mass is 9.95. The van der Waals surface area contributed by atoms with Gasteiger partial charge in [-0.25, -0.2) is 0 Å². The van der Waals surface area contributed by atoms with E-state index in [4.69, 9.17) is 9.26 Å². The first-order chi connectivity index (χ1) is 10.6. The molecule has 0 spiro atoms. The molecule has 0 aliphatic carbocycles. The molecule has 1 atom stereocenters. The Morgan fingerprint density at radius 1 is 1.23 bits per heavy atom. The number of carbonyl (C=O) groups is 1. The maximum atomic E-state index is 12.5. The van der Waals surface area contributed by atoms with E-state index in [1.165, 1.54) is 0 Å². The molecular weight excluding hydrogens is 284 g/mol. The molecule has 1 aromatic rings. The summed E-state index contributed by atoms with van der Waals surface area (Å²) in [5, 5.41) is 3.86. The Labute approximate surface area is 130 Å². The maximum Gasteiger partial charge on any atom is 0.239 e. The fraction of sp³-hybridized carbons (Fsp3) is 0.800. The Morgan fingerprint density at radius 3 is 2.50 bits per heavy atom. The van der Waals surface area contributed by atoms with E-state index in [0.29, 0.717) is 38.0 Å². The number of hydrogen-bond donors (Lipinski definition) is 0. The van der Waals surface area contributed by atoms with Gasteiger partial charge in [-0.3, -0.25) is 9.69 Å². The number of aryl methyl sites for hydroxylation is 1. The smallest absolute Gasteiger partial charge is 0.239 e. The standard InChI is InChI=1S/C15H24N4O3/c1-11(15(20)19-7-9-21-10-8-19)18-5-3-13(4-6-18)14-16-12(2)17-22-14/h11,13H,3-10H2,1-2H3/t11-/m1/s1. The molecule has 122 valence electrons. The van der Waals surface area contributed by atoms with Crippen molar-refractivity contribution in [1.82, 2.24) is 19.9 Å². The molecular formula is C15H24N4O3. The summed E-state index contributed by atoms with van der Waals surface area (Å²) >= 11 is 0. The summed E-state index contributed by atoms with van der Waals surface area (Å²) < 4.78 is 10.6. The number of ether oxygens (including phenoxy) is 1. The summed E-state index contributed by atoms with van der Waals surface area (Å²) in [5.74, 6) is 1.97. The SMILES string of the molecule is Cc1noc(C2CCN([C@H](C)C(=O)N3CCOCC3)CC2)n1. The second-order valence-electron chi connectivity index (χ2n) is 6.10. The van der Waals surface area contributed by atoms with Gasteiger partial charge in [0.1, 0.15) is 0 Å². The highest BCUT2D eigenvalue weighted by Crippen LogP contribution is 2.27. The van der Waals surface area contributed by atoms with Crippen LogP contribution in [0, 0.1) is 6.92 Å². The van der Waals surface area contributed by atoms with Crippen LogP contribution >= 0.6 is 0 Å². The predicted molar refractivity (Wildman–Crippen MR) is 79.4 cm³/mol. The highest BCUT2D eigenvalue weighted by molar-refractivity contribution is 5.81. The molecule has 1 aromatic heterocycles. The second-order valence-corrected chi connectivity index (χ2v) is 6.10. The molecule has 2 aliphatic heterocycles. The first-order valence-corrected chi connectivity index (χ1v) is 8.06. The van der Waals surface area contributed by atoms with Gasteiger partial charge in [-0.15, -0.1) is 0 Å². The topological polar surface area (TPSA) is 71.7 Å². The molecule has 0 N–H and O–H groups in total. The van der Waals surface area contributed by atoms with Crippen LogP contribution in [-0.2, 0) is 9.53 Å². The number of hydrogen-bond acceptors (Lipinski definition) is 6. The summed E-state index contributed by atoms with van der Waals surface area (Å²) in [5.41, 5.74) is 0. The molecule has 7 nitrogen and oxygen atoms in total. The number of morpholine rings is 1. The van der Waals surface area contributed by atoms with Crippen LogP contribution in [0.3, 0.4) is 0 Å². The van der Waals surface area contributed by atoms with Gasteiger partial charge in [-0.05, 0) is 39.8 Å². The van der Waals surface area contributed by atoms with Crippen molar-refractivity contribution in [2.24, 2.45) is 0 Å². The number of aromatic nitrogens is 2. The lowest BCUT2D eigenvalue weighted by Crippen LogP contribution is -2.52. The number of rotatable bonds is 3. The summed E-state index contributed by atoms with van der Waals surface area (Å²) in [4.78, 5) is 21.0. The fourth-order valence-corrected chi connectivity index (χ4v) is 3.22. The van der Waals surface area contributed by atoms with Gasteiger partial charge in [0.15, 0.2) is 5.82 Å². The molecule has 7 heteroatoms. The molecule has 22 heavy (non-hydrogen) atoms. The van der Waals surface area contributed by atoms with Crippen molar-refractivity contribution in [3.8, 4) is 0 Å². The van der Waals surface area contributed by atoms with Gasteiger partial charge in [0.05, 0.1) is 19.3 Å². The lowest BCUT2D eigenvalue weighted by molar-refractivity contribution is -0.141. The monoisotopic (exact) mass is 308 g/mol. The average molecular weight is 308 g/mol. The molecule has 2 fully saturated rings. The zero-order valence-electron chi connectivity index (χ0n) is 13.3. The van der Waals surface area contributed by atoms with Crippen molar-refractivity contribution in [1.29, 1.82) is 0 Å². The second kappa shape index (κ2) is 6.75. The van der Waals surface area contributed by atoms with Crippen LogP contribution in [0.2, 0.25) is 0 Å². The molecule has 3 rings (SSSR count). The Kier molecular flexibility index (Phi) is 4.73. The summed E-state index contributed by atoms with van der Waals surface area (Å²) in [6.07, 6.45) is 1.92. The van der Waals surface area contributed by atoms with Gasteiger partial charge < -0.3 is 14.2 Å². The third-order valence-corrected chi connectivity index (χ3v) is 4.65. The Morgan fingerprint density at radius 2 is 1.91 bits per heavy atom. The van der Waals surface area contributed by atoms with Crippen LogP contribution in [0.15, 0.2) is 4.52 Å². The molecule has 3 heterocycles. The van der Waals surface area contributed by atoms with Gasteiger partial charge in [-0.1, -0.05) is 5.16 Å². The fourth-order valence-electron chi connectivity index (χ4n) is 3.22. The summed E-state index contributed by atoms with van der Waals surface area (Å²) in [6, 6.07) is -0.0662. The summed E-state index contributed by atoms with van der Waals surface area (Å²) in [7, 11) is 0. The third-order valence-electron chi connectivity index (χ3n) is 4.65. The van der Waals surface area contributed by atoms with E-state index in [1.807, 2.05) is 18.7 Å². The van der Waals surface area contributed by atoms with Crippen LogP contribution < -0.4 is 0 Å². The maximum absolute atomic E-state index is 12.5. The van der Waals surface area contributed by atoms with Crippen molar-refractivity contribution in [2.45, 2.75) is 38.6 Å². The van der Waals surface area contributed by atoms with Crippen molar-refractivity contribution in [3.63, 3.8) is 0 Å². The first-order valence-electron chi connectivity index (χ1n) is 8.06. The summed E-state index contributed by atoms with van der Waals surface area (Å²) in [6.45, 7) is 8.35. The van der Waals surface area contributed by atoms with E-state index in [2.05, 4.69) is 15.0 Å². The Balaban J connectivity index is 1.53. The number of amides is 1. The predicted octanol–water partition coefficient (Wildman–Crippen LogP) is 0.805. The highest BCUT2D eigenvalue weighted by atomic mass is 16.5. The van der Waals surface area contributed by atoms with Gasteiger partial charge >= 0.3 is 0 Å². The zero-order chi connectivity index (χ0) is 15.5. The quantitative estimate of drug-likeness (QED) is 0.823. The van der Waals surface area contributed by atoms with Crippen LogP contribution in [0.1, 0.15) is 37.4 Å². The van der Waals surface area contributed by atoms with Gasteiger partial charge in [0, 0.05) is 19.0 Å². The van der Waals surface area contributed by atoms with Gasteiger partial charge in [0.25, 0.3) is 0 Å². The first kappa shape index (κ1) is 15.4. The van der Waals surface area contributed by atoms with Crippen LogP contribution in [0.5, 0.6) is 0 Å². The molecule has 2 saturated heterocycles. The van der Waals surface area contributed by atoms with Crippen molar-refractivity contribution in [3.05, 3.63) is 11.7 Å². The molecule has 0 aromatic carbocycles. The van der Waals surface area contributed by atoms with E-state index in [-0.39, 0.29) is 11.9 Å². The zero-order valence-corrected chi connectivity index (χ0v) is 13.3.